The van der Waals surface area contributed by atoms with Gasteiger partial charge in [0.05, 0.1) is 22.3 Å². The van der Waals surface area contributed by atoms with Crippen LogP contribution in [0.15, 0.2) is 5.38 Å². The van der Waals surface area contributed by atoms with E-state index in [-0.39, 0.29) is 17.1 Å². The summed E-state index contributed by atoms with van der Waals surface area (Å²) < 4.78 is 11.3. The maximum Gasteiger partial charge on any atom is 0.0945 e. The topological polar surface area (TPSA) is 69.4 Å². The Bertz CT molecular complexity index is 450. The third-order valence-corrected chi connectivity index (χ3v) is 5.15. The Morgan fingerprint density at radius 2 is 2.14 bits per heavy atom. The van der Waals surface area contributed by atoms with Gasteiger partial charge in [-0.25, -0.2) is 4.98 Å². The summed E-state index contributed by atoms with van der Waals surface area (Å²) in [7, 11) is 1.76. The predicted octanol–water partition coefficient (Wildman–Crippen LogP) is 2.01. The molecule has 0 bridgehead atoms. The molecule has 1 unspecified atom stereocenters. The minimum Gasteiger partial charge on any atom is -0.381 e. The van der Waals surface area contributed by atoms with E-state index in [1.807, 2.05) is 0 Å². The number of nitrogens with two attached hydrogens (primary N) is 1. The summed E-state index contributed by atoms with van der Waals surface area (Å²) >= 11 is 1.70. The molecule has 0 spiro atoms. The van der Waals surface area contributed by atoms with Gasteiger partial charge >= 0.3 is 0 Å². The Morgan fingerprint density at radius 1 is 1.48 bits per heavy atom. The maximum absolute atomic E-state index is 5.83. The summed E-state index contributed by atoms with van der Waals surface area (Å²) in [5, 5.41) is 3.25. The quantitative estimate of drug-likeness (QED) is 0.643. The first kappa shape index (κ1) is 16.8. The fraction of sp³-hybridized carbons (Fsp3) is 0.800. The molecule has 0 amide bonds. The van der Waals surface area contributed by atoms with Crippen LogP contribution in [0.4, 0.5) is 0 Å². The molecule has 2 rings (SSSR count). The molecule has 120 valence electrons. The summed E-state index contributed by atoms with van der Waals surface area (Å²) in [4.78, 5) is 4.77. The molecule has 1 aromatic rings. The summed E-state index contributed by atoms with van der Waals surface area (Å²) in [5.41, 5.74) is 3.90. The molecule has 0 radical (unpaired) electrons. The Hall–Kier alpha value is -0.530. The second kappa shape index (κ2) is 6.71. The van der Waals surface area contributed by atoms with Crippen molar-refractivity contribution in [1.29, 1.82) is 0 Å². The number of hydrogen-bond acceptors (Lipinski definition) is 6. The van der Waals surface area contributed by atoms with Crippen molar-refractivity contribution in [3.05, 3.63) is 16.1 Å². The van der Waals surface area contributed by atoms with Gasteiger partial charge in [-0.1, -0.05) is 20.8 Å². The highest BCUT2D eigenvalue weighted by atomic mass is 32.1. The number of nitrogens with zero attached hydrogens (tertiary/aromatic N) is 1. The van der Waals surface area contributed by atoms with Crippen LogP contribution in [-0.4, -0.2) is 37.0 Å². The Labute approximate surface area is 131 Å². The highest BCUT2D eigenvalue weighted by Crippen LogP contribution is 2.31. The van der Waals surface area contributed by atoms with E-state index in [0.29, 0.717) is 0 Å². The van der Waals surface area contributed by atoms with Crippen LogP contribution in [0, 0.1) is 0 Å². The van der Waals surface area contributed by atoms with Crippen LogP contribution < -0.4 is 11.3 Å². The van der Waals surface area contributed by atoms with Crippen LogP contribution in [0.5, 0.6) is 0 Å². The van der Waals surface area contributed by atoms with Gasteiger partial charge in [-0.3, -0.25) is 11.3 Å². The lowest BCUT2D eigenvalue weighted by Gasteiger charge is -2.41. The molecule has 21 heavy (non-hydrogen) atoms. The normalized spacial score (nSPS) is 20.4. The van der Waals surface area contributed by atoms with Crippen molar-refractivity contribution in [2.24, 2.45) is 5.84 Å². The van der Waals surface area contributed by atoms with Crippen molar-refractivity contribution in [3.63, 3.8) is 0 Å². The van der Waals surface area contributed by atoms with Gasteiger partial charge in [0.1, 0.15) is 0 Å². The zero-order valence-corrected chi connectivity index (χ0v) is 14.3. The van der Waals surface area contributed by atoms with Crippen LogP contribution in [0.3, 0.4) is 0 Å². The standard InChI is InChI=1S/C15H27N3O2S/c1-14(2,3)12-10-21-13(17-12)9-11(18-16)15(19-4)5-7-20-8-6-15/h10-11,18H,5-9,16H2,1-4H3. The number of hydrazine groups is 1. The van der Waals surface area contributed by atoms with Crippen molar-refractivity contribution in [1.82, 2.24) is 10.4 Å². The number of aromatic nitrogens is 1. The van der Waals surface area contributed by atoms with Gasteiger partial charge in [0.15, 0.2) is 0 Å². The first-order valence-electron chi connectivity index (χ1n) is 7.45. The lowest BCUT2D eigenvalue weighted by atomic mass is 9.84. The third kappa shape index (κ3) is 3.81. The van der Waals surface area contributed by atoms with E-state index in [4.69, 9.17) is 20.3 Å². The van der Waals surface area contributed by atoms with E-state index in [9.17, 15) is 0 Å². The fourth-order valence-corrected chi connectivity index (χ4v) is 3.80. The fourth-order valence-electron chi connectivity index (χ4n) is 2.73. The van der Waals surface area contributed by atoms with Gasteiger partial charge in [0, 0.05) is 50.4 Å². The van der Waals surface area contributed by atoms with Crippen LogP contribution in [0.25, 0.3) is 0 Å². The first-order chi connectivity index (χ1) is 9.91. The number of rotatable bonds is 5. The van der Waals surface area contributed by atoms with Crippen LogP contribution in [0.2, 0.25) is 0 Å². The lowest BCUT2D eigenvalue weighted by Crippen LogP contribution is -2.58. The molecule has 2 heterocycles. The van der Waals surface area contributed by atoms with Gasteiger partial charge in [-0.05, 0) is 0 Å². The highest BCUT2D eigenvalue weighted by molar-refractivity contribution is 7.09. The second-order valence-corrected chi connectivity index (χ2v) is 7.62. The number of nitrogens with one attached hydrogen (secondary N) is 1. The average molecular weight is 313 g/mol. The van der Waals surface area contributed by atoms with Crippen molar-refractivity contribution in [2.45, 2.75) is 57.1 Å². The van der Waals surface area contributed by atoms with Gasteiger partial charge in [-0.2, -0.15) is 0 Å². The SMILES string of the molecule is COC1(C(Cc2nc(C(C)(C)C)cs2)NN)CCOCC1. The summed E-state index contributed by atoms with van der Waals surface area (Å²) in [6.07, 6.45) is 2.50. The minimum atomic E-state index is -0.263. The average Bonchev–Trinajstić information content (AvgIpc) is 2.94. The molecule has 1 aromatic heterocycles. The number of thiazole rings is 1. The molecular weight excluding hydrogens is 286 g/mol. The van der Waals surface area contributed by atoms with Gasteiger partial charge in [0.2, 0.25) is 0 Å². The molecule has 1 aliphatic rings. The van der Waals surface area contributed by atoms with Crippen LogP contribution in [0.1, 0.15) is 44.3 Å². The largest absolute Gasteiger partial charge is 0.381 e. The lowest BCUT2D eigenvalue weighted by molar-refractivity contribution is -0.110. The van der Waals surface area contributed by atoms with Gasteiger partial charge in [0.25, 0.3) is 0 Å². The van der Waals surface area contributed by atoms with E-state index in [1.54, 1.807) is 18.4 Å². The van der Waals surface area contributed by atoms with Crippen molar-refractivity contribution in [3.8, 4) is 0 Å². The van der Waals surface area contributed by atoms with Crippen LogP contribution >= 0.6 is 11.3 Å². The van der Waals surface area contributed by atoms with Crippen molar-refractivity contribution < 1.29 is 9.47 Å². The predicted molar refractivity (Wildman–Crippen MR) is 85.4 cm³/mol. The molecule has 3 N–H and O–H groups in total. The highest BCUT2D eigenvalue weighted by Gasteiger charge is 2.40. The Balaban J connectivity index is 2.13. The minimum absolute atomic E-state index is 0.0466. The summed E-state index contributed by atoms with van der Waals surface area (Å²) in [6.45, 7) is 7.98. The van der Waals surface area contributed by atoms with Crippen LogP contribution in [-0.2, 0) is 21.3 Å². The molecule has 0 aromatic carbocycles. The van der Waals surface area contributed by atoms with Crippen molar-refractivity contribution in [2.75, 3.05) is 20.3 Å². The number of hydrogen-bond donors (Lipinski definition) is 2. The zero-order chi connectivity index (χ0) is 15.5. The maximum atomic E-state index is 5.83. The molecule has 1 aliphatic heterocycles. The van der Waals surface area contributed by atoms with Gasteiger partial charge < -0.3 is 9.47 Å². The number of methoxy groups -OCH3 is 1. The zero-order valence-electron chi connectivity index (χ0n) is 13.4. The third-order valence-electron chi connectivity index (χ3n) is 4.28. The van der Waals surface area contributed by atoms with E-state index >= 15 is 0 Å². The van der Waals surface area contributed by atoms with E-state index in [2.05, 4.69) is 31.6 Å². The molecule has 1 atom stereocenters. The smallest absolute Gasteiger partial charge is 0.0945 e. The van der Waals surface area contributed by atoms with E-state index < -0.39 is 0 Å². The molecular formula is C15H27N3O2S. The summed E-state index contributed by atoms with van der Waals surface area (Å²) in [5.74, 6) is 5.81. The first-order valence-corrected chi connectivity index (χ1v) is 8.33. The van der Waals surface area contributed by atoms with Crippen molar-refractivity contribution >= 4 is 11.3 Å². The van der Waals surface area contributed by atoms with Gasteiger partial charge in [-0.15, -0.1) is 11.3 Å². The molecule has 6 heteroatoms. The summed E-state index contributed by atoms with van der Waals surface area (Å²) in [6, 6.07) is 0.0466. The van der Waals surface area contributed by atoms with E-state index in [1.165, 1.54) is 0 Å². The molecule has 0 saturated carbocycles. The number of ether oxygens (including phenoxy) is 2. The van der Waals surface area contributed by atoms with E-state index in [0.717, 1.165) is 43.2 Å². The Morgan fingerprint density at radius 3 is 2.62 bits per heavy atom. The molecule has 5 nitrogen and oxygen atoms in total. The second-order valence-electron chi connectivity index (χ2n) is 6.68. The molecule has 1 saturated heterocycles. The molecule has 0 aliphatic carbocycles. The Kier molecular flexibility index (Phi) is 5.38. The molecule has 1 fully saturated rings. The monoisotopic (exact) mass is 313 g/mol.